The van der Waals surface area contributed by atoms with Crippen molar-refractivity contribution in [2.24, 2.45) is 0 Å². The van der Waals surface area contributed by atoms with E-state index in [4.69, 9.17) is 9.47 Å². The summed E-state index contributed by atoms with van der Waals surface area (Å²) in [5, 5.41) is 0. The first-order valence-electron chi connectivity index (χ1n) is 5.67. The van der Waals surface area contributed by atoms with Crippen LogP contribution in [0.25, 0.3) is 0 Å². The molecule has 1 saturated heterocycles. The summed E-state index contributed by atoms with van der Waals surface area (Å²) in [5.74, 6) is 0.358. The maximum Gasteiger partial charge on any atom is 0.347 e. The number of esters is 1. The van der Waals surface area contributed by atoms with Crippen molar-refractivity contribution in [2.75, 3.05) is 6.61 Å². The molecule has 1 fully saturated rings. The first-order valence-corrected chi connectivity index (χ1v) is 5.67. The van der Waals surface area contributed by atoms with Gasteiger partial charge in [-0.15, -0.1) is 0 Å². The van der Waals surface area contributed by atoms with E-state index in [1.54, 1.807) is 24.3 Å². The van der Waals surface area contributed by atoms with E-state index < -0.39 is 6.10 Å². The minimum Gasteiger partial charge on any atom is -0.479 e. The Labute approximate surface area is 99.5 Å². The van der Waals surface area contributed by atoms with Gasteiger partial charge in [0, 0.05) is 18.4 Å². The van der Waals surface area contributed by atoms with E-state index in [0.717, 1.165) is 0 Å². The van der Waals surface area contributed by atoms with Gasteiger partial charge < -0.3 is 9.47 Å². The zero-order chi connectivity index (χ0) is 12.3. The molecule has 0 aliphatic carbocycles. The van der Waals surface area contributed by atoms with Crippen molar-refractivity contribution < 1.29 is 19.1 Å². The standard InChI is InChI=1S/C13H14O4/c1-2-11(14)9-3-5-10(6-4-9)17-12-7-8-16-13(12)15/h3-6,12H,2,7-8H2,1H3. The second-order valence-electron chi connectivity index (χ2n) is 3.86. The maximum absolute atomic E-state index is 11.4. The molecule has 0 spiro atoms. The normalized spacial score (nSPS) is 18.9. The van der Waals surface area contributed by atoms with Gasteiger partial charge in [-0.05, 0) is 24.3 Å². The highest BCUT2D eigenvalue weighted by Gasteiger charge is 2.28. The molecule has 0 saturated carbocycles. The van der Waals surface area contributed by atoms with Gasteiger partial charge >= 0.3 is 5.97 Å². The average Bonchev–Trinajstić information content (AvgIpc) is 2.75. The van der Waals surface area contributed by atoms with Crippen LogP contribution in [0.4, 0.5) is 0 Å². The molecule has 0 bridgehead atoms. The molecular weight excluding hydrogens is 220 g/mol. The zero-order valence-electron chi connectivity index (χ0n) is 9.64. The number of rotatable bonds is 4. The van der Waals surface area contributed by atoms with Crippen LogP contribution in [-0.4, -0.2) is 24.5 Å². The lowest BCUT2D eigenvalue weighted by Gasteiger charge is -2.09. The second kappa shape index (κ2) is 4.99. The summed E-state index contributed by atoms with van der Waals surface area (Å²) >= 11 is 0. The van der Waals surface area contributed by atoms with Crippen molar-refractivity contribution in [2.45, 2.75) is 25.9 Å². The molecule has 4 nitrogen and oxygen atoms in total. The van der Waals surface area contributed by atoms with Crippen LogP contribution in [0.3, 0.4) is 0 Å². The van der Waals surface area contributed by atoms with E-state index in [0.29, 0.717) is 30.8 Å². The molecule has 1 atom stereocenters. The summed E-state index contributed by atoms with van der Waals surface area (Å²) in [6.07, 6.45) is 0.548. The maximum atomic E-state index is 11.4. The van der Waals surface area contributed by atoms with Crippen LogP contribution in [0.2, 0.25) is 0 Å². The molecule has 2 rings (SSSR count). The van der Waals surface area contributed by atoms with Crippen molar-refractivity contribution in [1.82, 2.24) is 0 Å². The molecule has 1 aliphatic heterocycles. The fourth-order valence-electron chi connectivity index (χ4n) is 1.67. The number of ketones is 1. The number of ether oxygens (including phenoxy) is 2. The monoisotopic (exact) mass is 234 g/mol. The summed E-state index contributed by atoms with van der Waals surface area (Å²) in [5.41, 5.74) is 0.661. The number of hydrogen-bond donors (Lipinski definition) is 0. The Bertz CT molecular complexity index is 422. The largest absolute Gasteiger partial charge is 0.479 e. The first kappa shape index (κ1) is 11.6. The van der Waals surface area contributed by atoms with E-state index in [2.05, 4.69) is 0 Å². The molecule has 1 unspecified atom stereocenters. The van der Waals surface area contributed by atoms with Gasteiger partial charge in [-0.25, -0.2) is 4.79 Å². The summed E-state index contributed by atoms with van der Waals surface area (Å²) < 4.78 is 10.3. The Kier molecular flexibility index (Phi) is 3.42. The van der Waals surface area contributed by atoms with Gasteiger partial charge in [0.25, 0.3) is 0 Å². The number of cyclic esters (lactones) is 1. The smallest absolute Gasteiger partial charge is 0.347 e. The average molecular weight is 234 g/mol. The molecule has 1 aliphatic rings. The quantitative estimate of drug-likeness (QED) is 0.590. The van der Waals surface area contributed by atoms with Gasteiger partial charge in [-0.3, -0.25) is 4.79 Å². The van der Waals surface area contributed by atoms with Gasteiger partial charge in [0.05, 0.1) is 6.61 Å². The Morgan fingerprint density at radius 3 is 2.65 bits per heavy atom. The Hall–Kier alpha value is -1.84. The number of Topliss-reactive ketones (excluding diaryl/α,β-unsaturated/α-hetero) is 1. The third-order valence-corrected chi connectivity index (χ3v) is 2.66. The minimum atomic E-state index is -0.511. The third-order valence-electron chi connectivity index (χ3n) is 2.66. The van der Waals surface area contributed by atoms with E-state index in [9.17, 15) is 9.59 Å². The lowest BCUT2D eigenvalue weighted by atomic mass is 10.1. The molecule has 90 valence electrons. The van der Waals surface area contributed by atoms with Crippen LogP contribution in [0.5, 0.6) is 5.75 Å². The highest BCUT2D eigenvalue weighted by molar-refractivity contribution is 5.95. The van der Waals surface area contributed by atoms with Crippen LogP contribution >= 0.6 is 0 Å². The fourth-order valence-corrected chi connectivity index (χ4v) is 1.67. The number of hydrogen-bond acceptors (Lipinski definition) is 4. The van der Waals surface area contributed by atoms with Crippen LogP contribution in [0.1, 0.15) is 30.1 Å². The SMILES string of the molecule is CCC(=O)c1ccc(OC2CCOC2=O)cc1. The molecule has 0 amide bonds. The first-order chi connectivity index (χ1) is 8.20. The van der Waals surface area contributed by atoms with Gasteiger partial charge in [0.15, 0.2) is 11.9 Å². The number of carbonyl (C=O) groups is 2. The lowest BCUT2D eigenvalue weighted by molar-refractivity contribution is -0.143. The summed E-state index contributed by atoms with van der Waals surface area (Å²) in [6, 6.07) is 6.83. The number of carbonyl (C=O) groups excluding carboxylic acids is 2. The molecule has 1 aromatic carbocycles. The fraction of sp³-hybridized carbons (Fsp3) is 0.385. The molecule has 4 heteroatoms. The molecular formula is C13H14O4. The van der Waals surface area contributed by atoms with E-state index >= 15 is 0 Å². The lowest BCUT2D eigenvalue weighted by Crippen LogP contribution is -2.21. The Balaban J connectivity index is 2.03. The van der Waals surface area contributed by atoms with Crippen molar-refractivity contribution in [3.8, 4) is 5.75 Å². The van der Waals surface area contributed by atoms with E-state index in [-0.39, 0.29) is 11.8 Å². The molecule has 0 radical (unpaired) electrons. The van der Waals surface area contributed by atoms with Crippen molar-refractivity contribution in [3.05, 3.63) is 29.8 Å². The molecule has 0 aromatic heterocycles. The highest BCUT2D eigenvalue weighted by atomic mass is 16.6. The summed E-state index contributed by atoms with van der Waals surface area (Å²) in [7, 11) is 0. The Morgan fingerprint density at radius 1 is 1.41 bits per heavy atom. The highest BCUT2D eigenvalue weighted by Crippen LogP contribution is 2.18. The third kappa shape index (κ3) is 2.64. The molecule has 0 N–H and O–H groups in total. The van der Waals surface area contributed by atoms with Gasteiger partial charge in [-0.1, -0.05) is 6.92 Å². The van der Waals surface area contributed by atoms with Crippen LogP contribution < -0.4 is 4.74 Å². The van der Waals surface area contributed by atoms with E-state index in [1.807, 2.05) is 6.92 Å². The van der Waals surface area contributed by atoms with Crippen molar-refractivity contribution in [1.29, 1.82) is 0 Å². The second-order valence-corrected chi connectivity index (χ2v) is 3.86. The van der Waals surface area contributed by atoms with Gasteiger partial charge in [0.2, 0.25) is 0 Å². The molecule has 17 heavy (non-hydrogen) atoms. The summed E-state index contributed by atoms with van der Waals surface area (Å²) in [6.45, 7) is 2.23. The number of benzene rings is 1. The predicted molar refractivity (Wildman–Crippen MR) is 61.1 cm³/mol. The minimum absolute atomic E-state index is 0.0943. The zero-order valence-corrected chi connectivity index (χ0v) is 9.64. The van der Waals surface area contributed by atoms with Crippen LogP contribution in [-0.2, 0) is 9.53 Å². The van der Waals surface area contributed by atoms with Crippen molar-refractivity contribution >= 4 is 11.8 Å². The Morgan fingerprint density at radius 2 is 2.12 bits per heavy atom. The van der Waals surface area contributed by atoms with Gasteiger partial charge in [0.1, 0.15) is 5.75 Å². The molecule has 1 aromatic rings. The van der Waals surface area contributed by atoms with Crippen LogP contribution in [0.15, 0.2) is 24.3 Å². The summed E-state index contributed by atoms with van der Waals surface area (Å²) in [4.78, 5) is 22.6. The van der Waals surface area contributed by atoms with Gasteiger partial charge in [-0.2, -0.15) is 0 Å². The van der Waals surface area contributed by atoms with E-state index in [1.165, 1.54) is 0 Å². The van der Waals surface area contributed by atoms with Crippen LogP contribution in [0, 0.1) is 0 Å². The predicted octanol–water partition coefficient (Wildman–Crippen LogP) is 1.97. The van der Waals surface area contributed by atoms with Crippen molar-refractivity contribution in [3.63, 3.8) is 0 Å². The topological polar surface area (TPSA) is 52.6 Å². The molecule has 1 heterocycles.